The van der Waals surface area contributed by atoms with Crippen LogP contribution in [0.3, 0.4) is 0 Å². The molecule has 2 N–H and O–H groups in total. The van der Waals surface area contributed by atoms with Crippen molar-refractivity contribution < 1.29 is 24.5 Å². The number of aliphatic hydroxyl groups excluding tert-OH is 2. The highest BCUT2D eigenvalue weighted by Gasteiger charge is 2.38. The van der Waals surface area contributed by atoms with Gasteiger partial charge in [-0.15, -0.1) is 0 Å². The lowest BCUT2D eigenvalue weighted by molar-refractivity contribution is -0.0697. The van der Waals surface area contributed by atoms with E-state index in [4.69, 9.17) is 14.3 Å². The number of aliphatic hydroxyl groups is 2. The van der Waals surface area contributed by atoms with Gasteiger partial charge in [-0.2, -0.15) is 0 Å². The minimum atomic E-state index is -0.823. The topological polar surface area (TPSA) is 80.5 Å². The Morgan fingerprint density at radius 2 is 2.04 bits per heavy atom. The summed E-state index contributed by atoms with van der Waals surface area (Å²) in [6.07, 6.45) is 5.59. The summed E-state index contributed by atoms with van der Waals surface area (Å²) in [5.74, 6) is 1.42. The molecular formula is C18H25NO5. The van der Waals surface area contributed by atoms with Gasteiger partial charge in [0.2, 0.25) is 0 Å². The molecule has 1 atom stereocenters. The van der Waals surface area contributed by atoms with Crippen molar-refractivity contribution in [3.05, 3.63) is 23.8 Å². The molecule has 0 bridgehead atoms. The fraction of sp³-hybridized carbons (Fsp3) is 0.611. The molecular weight excluding hydrogens is 310 g/mol. The van der Waals surface area contributed by atoms with Crippen LogP contribution in [0.5, 0.6) is 11.5 Å². The van der Waals surface area contributed by atoms with Crippen LogP contribution in [-0.2, 0) is 4.84 Å². The molecule has 6 nitrogen and oxygen atoms in total. The maximum absolute atomic E-state index is 9.58. The van der Waals surface area contributed by atoms with Gasteiger partial charge in [0, 0.05) is 25.0 Å². The molecule has 0 spiro atoms. The van der Waals surface area contributed by atoms with Crippen molar-refractivity contribution in [1.82, 2.24) is 0 Å². The summed E-state index contributed by atoms with van der Waals surface area (Å²) >= 11 is 0. The predicted molar refractivity (Wildman–Crippen MR) is 89.6 cm³/mol. The lowest BCUT2D eigenvalue weighted by Crippen LogP contribution is -2.34. The molecule has 132 valence electrons. The maximum Gasteiger partial charge on any atom is 0.168 e. The van der Waals surface area contributed by atoms with E-state index in [1.165, 1.54) is 12.8 Å². The number of methoxy groups -OCH3 is 1. The molecule has 1 unspecified atom stereocenters. The molecule has 1 heterocycles. The second-order valence-electron chi connectivity index (χ2n) is 6.51. The molecule has 6 heteroatoms. The number of ether oxygens (including phenoxy) is 2. The van der Waals surface area contributed by atoms with Crippen molar-refractivity contribution in [3.63, 3.8) is 0 Å². The first-order valence-electron chi connectivity index (χ1n) is 8.51. The Morgan fingerprint density at radius 1 is 1.25 bits per heavy atom. The Hall–Kier alpha value is -1.79. The summed E-state index contributed by atoms with van der Waals surface area (Å²) in [7, 11) is 1.63. The van der Waals surface area contributed by atoms with Gasteiger partial charge < -0.3 is 24.5 Å². The Labute approximate surface area is 142 Å². The van der Waals surface area contributed by atoms with Crippen LogP contribution in [0.15, 0.2) is 23.4 Å². The Balaban J connectivity index is 1.79. The second kappa shape index (κ2) is 7.40. The van der Waals surface area contributed by atoms with Gasteiger partial charge in [0.1, 0.15) is 0 Å². The standard InChI is InChI=1S/C18H25NO5/c1-22-16-7-6-13(10-17(16)23-14-4-2-3-5-14)15-11-18(12-21,8-9-20)24-19-15/h6-7,10,14,20-21H,2-5,8-9,11-12H2,1H3. The van der Waals surface area contributed by atoms with E-state index in [0.717, 1.165) is 24.1 Å². The monoisotopic (exact) mass is 335 g/mol. The smallest absolute Gasteiger partial charge is 0.168 e. The van der Waals surface area contributed by atoms with Gasteiger partial charge in [0.05, 0.1) is 25.5 Å². The number of rotatable bonds is 7. The first-order valence-corrected chi connectivity index (χ1v) is 8.51. The summed E-state index contributed by atoms with van der Waals surface area (Å²) in [6, 6.07) is 5.70. The molecule has 0 radical (unpaired) electrons. The normalized spacial score (nSPS) is 23.9. The van der Waals surface area contributed by atoms with Gasteiger partial charge in [0.15, 0.2) is 17.1 Å². The van der Waals surface area contributed by atoms with Crippen molar-refractivity contribution in [3.8, 4) is 11.5 Å². The van der Waals surface area contributed by atoms with Crippen LogP contribution in [-0.4, -0.2) is 48.0 Å². The van der Waals surface area contributed by atoms with Crippen molar-refractivity contribution in [2.45, 2.75) is 50.2 Å². The number of oxime groups is 1. The van der Waals surface area contributed by atoms with Crippen LogP contribution in [0.2, 0.25) is 0 Å². The largest absolute Gasteiger partial charge is 0.493 e. The quantitative estimate of drug-likeness (QED) is 0.799. The van der Waals surface area contributed by atoms with E-state index < -0.39 is 5.60 Å². The molecule has 0 saturated heterocycles. The van der Waals surface area contributed by atoms with Crippen LogP contribution in [0.25, 0.3) is 0 Å². The summed E-state index contributed by atoms with van der Waals surface area (Å²) in [6.45, 7) is -0.232. The average Bonchev–Trinajstić information content (AvgIpc) is 3.26. The first-order chi connectivity index (χ1) is 11.7. The molecule has 1 aliphatic heterocycles. The molecule has 0 amide bonds. The number of nitrogens with zero attached hydrogens (tertiary/aromatic N) is 1. The zero-order chi connectivity index (χ0) is 17.0. The zero-order valence-electron chi connectivity index (χ0n) is 14.0. The van der Waals surface area contributed by atoms with Gasteiger partial charge in [-0.1, -0.05) is 5.16 Å². The van der Waals surface area contributed by atoms with Crippen LogP contribution >= 0.6 is 0 Å². The molecule has 1 fully saturated rings. The second-order valence-corrected chi connectivity index (χ2v) is 6.51. The Kier molecular flexibility index (Phi) is 5.26. The average molecular weight is 335 g/mol. The molecule has 1 aromatic rings. The molecule has 1 saturated carbocycles. The van der Waals surface area contributed by atoms with Gasteiger partial charge in [-0.25, -0.2) is 0 Å². The highest BCUT2D eigenvalue weighted by atomic mass is 16.7. The third-order valence-corrected chi connectivity index (χ3v) is 4.79. The maximum atomic E-state index is 9.58. The van der Waals surface area contributed by atoms with Crippen molar-refractivity contribution in [1.29, 1.82) is 0 Å². The van der Waals surface area contributed by atoms with Crippen LogP contribution < -0.4 is 9.47 Å². The Morgan fingerprint density at radius 3 is 2.71 bits per heavy atom. The fourth-order valence-electron chi connectivity index (χ4n) is 3.31. The van der Waals surface area contributed by atoms with Gasteiger partial charge in [0.25, 0.3) is 0 Å². The summed E-state index contributed by atoms with van der Waals surface area (Å²) in [5.41, 5.74) is 0.810. The summed E-state index contributed by atoms with van der Waals surface area (Å²) in [4.78, 5) is 5.43. The molecule has 1 aromatic carbocycles. The van der Waals surface area contributed by atoms with E-state index >= 15 is 0 Å². The van der Waals surface area contributed by atoms with Gasteiger partial charge in [-0.05, 0) is 43.9 Å². The van der Waals surface area contributed by atoms with Crippen molar-refractivity contribution >= 4 is 5.71 Å². The van der Waals surface area contributed by atoms with Crippen LogP contribution in [0, 0.1) is 0 Å². The first kappa shape index (κ1) is 17.0. The lowest BCUT2D eigenvalue weighted by atomic mass is 9.92. The van der Waals surface area contributed by atoms with Crippen molar-refractivity contribution in [2.24, 2.45) is 5.16 Å². The number of hydrogen-bond acceptors (Lipinski definition) is 6. The van der Waals surface area contributed by atoms with Crippen molar-refractivity contribution in [2.75, 3.05) is 20.3 Å². The zero-order valence-corrected chi connectivity index (χ0v) is 14.0. The molecule has 0 aromatic heterocycles. The van der Waals surface area contributed by atoms with Gasteiger partial charge in [-0.3, -0.25) is 0 Å². The van der Waals surface area contributed by atoms with E-state index in [-0.39, 0.29) is 19.3 Å². The van der Waals surface area contributed by atoms with E-state index in [1.807, 2.05) is 18.2 Å². The minimum absolute atomic E-state index is 0.0536. The van der Waals surface area contributed by atoms with E-state index in [2.05, 4.69) is 5.16 Å². The van der Waals surface area contributed by atoms with E-state index in [1.54, 1.807) is 7.11 Å². The van der Waals surface area contributed by atoms with Crippen LogP contribution in [0.1, 0.15) is 44.1 Å². The molecule has 3 rings (SSSR count). The molecule has 24 heavy (non-hydrogen) atoms. The van der Waals surface area contributed by atoms with E-state index in [0.29, 0.717) is 24.3 Å². The molecule has 2 aliphatic rings. The predicted octanol–water partition coefficient (Wildman–Crippen LogP) is 2.25. The third-order valence-electron chi connectivity index (χ3n) is 4.79. The number of hydrogen-bond donors (Lipinski definition) is 2. The lowest BCUT2D eigenvalue weighted by Gasteiger charge is -2.22. The third kappa shape index (κ3) is 3.49. The minimum Gasteiger partial charge on any atom is -0.493 e. The van der Waals surface area contributed by atoms with Gasteiger partial charge >= 0.3 is 0 Å². The van der Waals surface area contributed by atoms with Crippen LogP contribution in [0.4, 0.5) is 0 Å². The summed E-state index contributed by atoms with van der Waals surface area (Å²) in [5, 5.41) is 22.9. The van der Waals surface area contributed by atoms with E-state index in [9.17, 15) is 10.2 Å². The molecule has 1 aliphatic carbocycles. The summed E-state index contributed by atoms with van der Waals surface area (Å²) < 4.78 is 11.5. The highest BCUT2D eigenvalue weighted by Crippen LogP contribution is 2.35. The number of benzene rings is 1. The highest BCUT2D eigenvalue weighted by molar-refractivity contribution is 6.02. The fourth-order valence-corrected chi connectivity index (χ4v) is 3.31. The SMILES string of the molecule is COc1ccc(C2=NOC(CO)(CCO)C2)cc1OC1CCCC1. The Bertz CT molecular complexity index is 597.